The van der Waals surface area contributed by atoms with Crippen LogP contribution in [0.1, 0.15) is 31.2 Å². The Morgan fingerprint density at radius 2 is 1.87 bits per heavy atom. The highest BCUT2D eigenvalue weighted by atomic mass is 19.1. The molecule has 1 aliphatic heterocycles. The second kappa shape index (κ2) is 6.32. The Labute approximate surface area is 171 Å². The van der Waals surface area contributed by atoms with Crippen LogP contribution in [-0.4, -0.2) is 28.5 Å². The van der Waals surface area contributed by atoms with Crippen LogP contribution in [0.25, 0.3) is 0 Å². The number of nitrogens with one attached hydrogen (secondary N) is 1. The summed E-state index contributed by atoms with van der Waals surface area (Å²) in [6.45, 7) is 1.57. The van der Waals surface area contributed by atoms with Crippen molar-refractivity contribution in [2.45, 2.75) is 25.7 Å². The van der Waals surface area contributed by atoms with Crippen LogP contribution in [0.15, 0.2) is 52.6 Å². The van der Waals surface area contributed by atoms with E-state index in [4.69, 9.17) is 0 Å². The predicted molar refractivity (Wildman–Crippen MR) is 103 cm³/mol. The number of hydrogen-bond donors (Lipinski definition) is 2. The predicted octanol–water partition coefficient (Wildman–Crippen LogP) is 2.25. The normalized spacial score (nSPS) is 30.3. The van der Waals surface area contributed by atoms with Crippen LogP contribution in [0.4, 0.5) is 4.39 Å². The third-order valence-corrected chi connectivity index (χ3v) is 6.71. The van der Waals surface area contributed by atoms with Gasteiger partial charge in [0.15, 0.2) is 23.1 Å². The van der Waals surface area contributed by atoms with Gasteiger partial charge < -0.3 is 5.11 Å². The summed E-state index contributed by atoms with van der Waals surface area (Å²) in [6.07, 6.45) is 3.68. The average molecular weight is 407 g/mol. The van der Waals surface area contributed by atoms with Gasteiger partial charge in [-0.05, 0) is 49.5 Å². The Morgan fingerprint density at radius 3 is 2.60 bits per heavy atom. The van der Waals surface area contributed by atoms with Crippen molar-refractivity contribution in [3.63, 3.8) is 0 Å². The number of aromatic hydroxyl groups is 1. The van der Waals surface area contributed by atoms with E-state index in [2.05, 4.69) is 5.32 Å². The minimum Gasteiger partial charge on any atom is -0.505 e. The molecule has 0 unspecified atom stereocenters. The molecule has 4 atom stereocenters. The van der Waals surface area contributed by atoms with Crippen molar-refractivity contribution in [1.82, 2.24) is 5.32 Å². The quantitative estimate of drug-likeness (QED) is 0.423. The van der Waals surface area contributed by atoms with Gasteiger partial charge in [0.05, 0.1) is 11.8 Å². The molecule has 1 heterocycles. The van der Waals surface area contributed by atoms with Gasteiger partial charge in [0.1, 0.15) is 0 Å². The lowest BCUT2D eigenvalue weighted by Gasteiger charge is -2.42. The highest BCUT2D eigenvalue weighted by Crippen LogP contribution is 2.54. The van der Waals surface area contributed by atoms with Crippen molar-refractivity contribution in [2.75, 3.05) is 0 Å². The van der Waals surface area contributed by atoms with Gasteiger partial charge in [0.2, 0.25) is 11.8 Å². The number of carbonyl (C=O) groups excluding carboxylic acids is 4. The Morgan fingerprint density at radius 1 is 1.10 bits per heavy atom. The number of amides is 2. The fraction of sp³-hybridized carbons (Fsp3) is 0.304. The van der Waals surface area contributed by atoms with Crippen LogP contribution in [0, 0.1) is 23.6 Å². The van der Waals surface area contributed by atoms with E-state index in [0.717, 1.165) is 11.6 Å². The molecule has 5 rings (SSSR count). The molecule has 7 heteroatoms. The molecule has 1 saturated heterocycles. The lowest BCUT2D eigenvalue weighted by Crippen LogP contribution is -2.39. The maximum atomic E-state index is 14.2. The molecule has 6 nitrogen and oxygen atoms in total. The van der Waals surface area contributed by atoms with Gasteiger partial charge in [-0.3, -0.25) is 24.5 Å². The summed E-state index contributed by atoms with van der Waals surface area (Å²) in [4.78, 5) is 50.6. The van der Waals surface area contributed by atoms with Crippen LogP contribution in [0.2, 0.25) is 0 Å². The standard InChI is InChI=1S/C23H18FNO5/c1-9-6-17(27)20-14(21(9)28)8-13-11(3-4-12-19(13)23(30)25-22(12)29)18(20)10-2-5-16(26)15(24)7-10/h2-3,5-7,12-13,18-19,26H,4,8H2,1H3,(H,25,29,30)/t12-,13+,18-,19-/m0/s1. The molecule has 0 bridgehead atoms. The number of hydrogen-bond acceptors (Lipinski definition) is 5. The van der Waals surface area contributed by atoms with E-state index in [-0.39, 0.29) is 29.8 Å². The zero-order valence-electron chi connectivity index (χ0n) is 16.1. The lowest BCUT2D eigenvalue weighted by molar-refractivity contribution is -0.126. The largest absolute Gasteiger partial charge is 0.505 e. The lowest BCUT2D eigenvalue weighted by atomic mass is 9.59. The smallest absolute Gasteiger partial charge is 0.231 e. The molecule has 4 aliphatic rings. The number of allylic oxidation sites excluding steroid dienone is 6. The Bertz CT molecular complexity index is 1160. The number of phenols is 1. The molecule has 1 aromatic rings. The van der Waals surface area contributed by atoms with Crippen LogP contribution in [-0.2, 0) is 19.2 Å². The maximum absolute atomic E-state index is 14.2. The third-order valence-electron chi connectivity index (χ3n) is 6.71. The molecule has 3 aliphatic carbocycles. The number of carbonyl (C=O) groups is 4. The topological polar surface area (TPSA) is 101 Å². The number of imide groups is 1. The van der Waals surface area contributed by atoms with Crippen LogP contribution in [0.5, 0.6) is 5.75 Å². The van der Waals surface area contributed by atoms with Gasteiger partial charge in [0, 0.05) is 22.6 Å². The Balaban J connectivity index is 1.73. The summed E-state index contributed by atoms with van der Waals surface area (Å²) in [5.41, 5.74) is 2.11. The summed E-state index contributed by atoms with van der Waals surface area (Å²) in [5.74, 6) is -4.88. The molecule has 30 heavy (non-hydrogen) atoms. The summed E-state index contributed by atoms with van der Waals surface area (Å²) < 4.78 is 14.2. The molecule has 0 saturated carbocycles. The summed E-state index contributed by atoms with van der Waals surface area (Å²) in [7, 11) is 0. The Kier molecular flexibility index (Phi) is 3.93. The van der Waals surface area contributed by atoms with Crippen molar-refractivity contribution in [1.29, 1.82) is 0 Å². The SMILES string of the molecule is CC1=CC(=O)C2=C(C[C@@H]3C(=CC[C@@H]4C(=O)NC(=O)[C@@H]43)[C@@H]2c2ccc(O)c(F)c2)C1=O. The monoisotopic (exact) mass is 407 g/mol. The van der Waals surface area contributed by atoms with Gasteiger partial charge in [-0.15, -0.1) is 0 Å². The maximum Gasteiger partial charge on any atom is 0.231 e. The minimum atomic E-state index is -0.832. The summed E-state index contributed by atoms with van der Waals surface area (Å²) in [5, 5.41) is 12.0. The fourth-order valence-corrected chi connectivity index (χ4v) is 5.38. The average Bonchev–Trinajstić information content (AvgIpc) is 3.00. The number of Topliss-reactive ketones (excluding diaryl/α,β-unsaturated/α-hetero) is 1. The highest BCUT2D eigenvalue weighted by Gasteiger charge is 2.53. The molecule has 0 spiro atoms. The van der Waals surface area contributed by atoms with Gasteiger partial charge in [-0.1, -0.05) is 17.7 Å². The number of phenolic OH excluding ortho intramolecular Hbond substituents is 1. The molecule has 2 N–H and O–H groups in total. The van der Waals surface area contributed by atoms with Crippen molar-refractivity contribution in [3.05, 3.63) is 64.0 Å². The summed E-state index contributed by atoms with van der Waals surface area (Å²) in [6, 6.07) is 3.89. The number of ketones is 2. The van der Waals surface area contributed by atoms with Gasteiger partial charge in [-0.25, -0.2) is 4.39 Å². The number of fused-ring (bicyclic) bond motifs is 3. The molecule has 2 amide bonds. The van der Waals surface area contributed by atoms with Crippen LogP contribution in [0.3, 0.4) is 0 Å². The van der Waals surface area contributed by atoms with E-state index >= 15 is 0 Å². The number of rotatable bonds is 1. The van der Waals surface area contributed by atoms with Gasteiger partial charge in [0.25, 0.3) is 0 Å². The van der Waals surface area contributed by atoms with Crippen LogP contribution >= 0.6 is 0 Å². The zero-order valence-corrected chi connectivity index (χ0v) is 16.1. The second-order valence-electron chi connectivity index (χ2n) is 8.29. The number of benzene rings is 1. The molecule has 1 fully saturated rings. The van der Waals surface area contributed by atoms with E-state index in [1.54, 1.807) is 6.92 Å². The first-order valence-corrected chi connectivity index (χ1v) is 9.81. The third kappa shape index (κ3) is 2.47. The molecule has 1 aromatic carbocycles. The molecular weight excluding hydrogens is 389 g/mol. The molecular formula is C23H18FNO5. The van der Waals surface area contributed by atoms with Gasteiger partial charge >= 0.3 is 0 Å². The zero-order chi connectivity index (χ0) is 21.3. The summed E-state index contributed by atoms with van der Waals surface area (Å²) >= 11 is 0. The molecule has 0 radical (unpaired) electrons. The van der Waals surface area contributed by atoms with Crippen molar-refractivity contribution < 1.29 is 28.7 Å². The van der Waals surface area contributed by atoms with Crippen LogP contribution < -0.4 is 5.32 Å². The van der Waals surface area contributed by atoms with E-state index < -0.39 is 35.2 Å². The second-order valence-corrected chi connectivity index (χ2v) is 8.29. The van der Waals surface area contributed by atoms with E-state index in [1.807, 2.05) is 6.08 Å². The van der Waals surface area contributed by atoms with E-state index in [0.29, 0.717) is 28.7 Å². The van der Waals surface area contributed by atoms with Crippen molar-refractivity contribution in [3.8, 4) is 5.75 Å². The van der Waals surface area contributed by atoms with Crippen molar-refractivity contribution in [2.24, 2.45) is 17.8 Å². The molecule has 0 aromatic heterocycles. The fourth-order valence-electron chi connectivity index (χ4n) is 5.38. The van der Waals surface area contributed by atoms with Crippen molar-refractivity contribution >= 4 is 23.4 Å². The Hall–Kier alpha value is -3.35. The highest BCUT2D eigenvalue weighted by molar-refractivity contribution is 6.23. The van der Waals surface area contributed by atoms with Gasteiger partial charge in [-0.2, -0.15) is 0 Å². The van der Waals surface area contributed by atoms with E-state index in [9.17, 15) is 28.7 Å². The minimum absolute atomic E-state index is 0.190. The van der Waals surface area contributed by atoms with E-state index in [1.165, 1.54) is 18.2 Å². The first kappa shape index (κ1) is 18.7. The number of halogens is 1. The first-order valence-electron chi connectivity index (χ1n) is 9.81. The first-order chi connectivity index (χ1) is 14.3. The molecule has 152 valence electrons.